The third kappa shape index (κ3) is 45.4. The monoisotopic (exact) mass is 1850 g/mol. The highest BCUT2D eigenvalue weighted by Crippen LogP contribution is 2.30. The first kappa shape index (κ1) is 112. The number of carbonyl (C=O) groups is 16. The van der Waals surface area contributed by atoms with Crippen molar-refractivity contribution in [2.45, 2.75) is 188 Å². The lowest BCUT2D eigenvalue weighted by Crippen LogP contribution is -2.42. The van der Waals surface area contributed by atoms with Crippen molar-refractivity contribution in [2.24, 2.45) is 52.5 Å². The Bertz CT molecular complexity index is 4780. The SMILES string of the molecule is CC[C@H](NC(=O)CCc1ccc(-c2cccs2)cc1)C(=O)C[C@@H](C)C(N)=O.CC[C@H](NC(=O)CCc1ccc(-c2cccs2)cc1)C(=O)C[C@@H](CC(C)C)C(N)=O.CC[C@H](NC(=O)CCc1ccc(-c2cccs2)cc1)C(=O)C[C@@H](CO)C(N)=O.CC[C@H](NC(=O)CCc1ccc(-c2cccs2)cc1)C(=O)C[C@@H](Cc1cnc[nH]1)C(N)=O.O=CO.O=CO.O=CO.O=CO. The number of nitrogens with one attached hydrogen (secondary N) is 5. The van der Waals surface area contributed by atoms with Crippen LogP contribution in [-0.4, -0.2) is 163 Å². The topological polar surface area (TPSA) is 555 Å². The molecule has 129 heavy (non-hydrogen) atoms. The summed E-state index contributed by atoms with van der Waals surface area (Å²) in [5.41, 5.74) is 30.9. The van der Waals surface area contributed by atoms with Gasteiger partial charge in [0, 0.05) is 101 Å². The second-order valence-corrected chi connectivity index (χ2v) is 33.4. The zero-order valence-corrected chi connectivity index (χ0v) is 76.7. The third-order valence-corrected chi connectivity index (χ3v) is 23.3. The van der Waals surface area contributed by atoms with E-state index in [1.807, 2.05) is 141 Å². The number of aromatic amines is 1. The Morgan fingerprint density at radius 1 is 0.380 bits per heavy atom. The fourth-order valence-electron chi connectivity index (χ4n) is 12.6. The van der Waals surface area contributed by atoms with Crippen LogP contribution in [0.4, 0.5) is 0 Å². The quantitative estimate of drug-likeness (QED) is 0.0158. The molecule has 8 amide bonds. The number of thiophene rings is 4. The Morgan fingerprint density at radius 2 is 0.636 bits per heavy atom. The molecule has 0 saturated carbocycles. The molecule has 5 aromatic heterocycles. The molecule has 0 aliphatic heterocycles. The number of aryl methyl sites for hydroxylation is 4. The summed E-state index contributed by atoms with van der Waals surface area (Å²) in [4.78, 5) is 190. The number of rotatable bonds is 45. The van der Waals surface area contributed by atoms with Crippen LogP contribution in [0.3, 0.4) is 0 Å². The first-order valence-electron chi connectivity index (χ1n) is 41.6. The molecule has 0 radical (unpaired) electrons. The first-order chi connectivity index (χ1) is 61.7. The third-order valence-electron chi connectivity index (χ3n) is 19.7. The maximum atomic E-state index is 12.7. The molecule has 0 aliphatic carbocycles. The van der Waals surface area contributed by atoms with Crippen LogP contribution >= 0.6 is 45.3 Å². The van der Waals surface area contributed by atoms with E-state index in [9.17, 15) is 57.5 Å². The first-order valence-corrected chi connectivity index (χ1v) is 45.1. The fourth-order valence-corrected chi connectivity index (χ4v) is 15.5. The highest BCUT2D eigenvalue weighted by atomic mass is 32.1. The van der Waals surface area contributed by atoms with Gasteiger partial charge in [-0.15, -0.1) is 45.3 Å². The van der Waals surface area contributed by atoms with Gasteiger partial charge < -0.3 is 74.7 Å². The molecule has 0 bridgehead atoms. The Balaban J connectivity index is 0.000000558. The van der Waals surface area contributed by atoms with Gasteiger partial charge in [-0.1, -0.05) is 170 Å². The molecule has 0 unspecified atom stereocenters. The van der Waals surface area contributed by atoms with E-state index >= 15 is 0 Å². The van der Waals surface area contributed by atoms with Gasteiger partial charge in [-0.25, -0.2) is 4.98 Å². The Hall–Kier alpha value is -12.8. The summed E-state index contributed by atoms with van der Waals surface area (Å²) in [6.45, 7) is 11.4. The van der Waals surface area contributed by atoms with E-state index in [0.717, 1.165) is 39.1 Å². The maximum absolute atomic E-state index is 12.7. The highest BCUT2D eigenvalue weighted by Gasteiger charge is 2.30. The number of aliphatic hydroxyl groups excluding tert-OH is 1. The molecule has 9 rings (SSSR count). The smallest absolute Gasteiger partial charge is 0.290 e. The average molecular weight is 1850 g/mol. The van der Waals surface area contributed by atoms with Gasteiger partial charge in [-0.2, -0.15) is 0 Å². The average Bonchev–Trinajstić information content (AvgIpc) is 1.88. The van der Waals surface area contributed by atoms with Gasteiger partial charge in [0.25, 0.3) is 25.9 Å². The lowest BCUT2D eigenvalue weighted by Gasteiger charge is -2.20. The zero-order valence-electron chi connectivity index (χ0n) is 73.4. The van der Waals surface area contributed by atoms with Crippen molar-refractivity contribution in [3.63, 3.8) is 0 Å². The van der Waals surface area contributed by atoms with E-state index in [1.54, 1.807) is 65.4 Å². The lowest BCUT2D eigenvalue weighted by molar-refractivity contribution is -0.131. The Kier molecular flexibility index (Phi) is 56.4. The van der Waals surface area contributed by atoms with E-state index in [-0.39, 0.29) is 117 Å². The van der Waals surface area contributed by atoms with Gasteiger partial charge in [0.05, 0.1) is 48.9 Å². The molecule has 0 fully saturated rings. The second-order valence-electron chi connectivity index (χ2n) is 29.6. The number of primary amides is 4. The number of imidazole rings is 1. The second kappa shape index (κ2) is 64.8. The van der Waals surface area contributed by atoms with Crippen molar-refractivity contribution in [1.82, 2.24) is 31.2 Å². The molecule has 0 saturated heterocycles. The molecule has 8 atom stereocenters. The fraction of sp³-hybridized carbons (Fsp3) is 0.372. The van der Waals surface area contributed by atoms with Crippen LogP contribution in [0.2, 0.25) is 0 Å². The highest BCUT2D eigenvalue weighted by molar-refractivity contribution is 7.14. The van der Waals surface area contributed by atoms with Crippen molar-refractivity contribution < 1.29 is 102 Å². The van der Waals surface area contributed by atoms with Crippen LogP contribution < -0.4 is 44.2 Å². The molecule has 35 heteroatoms. The van der Waals surface area contributed by atoms with E-state index in [2.05, 4.69) is 91.9 Å². The Labute approximate surface area is 767 Å². The van der Waals surface area contributed by atoms with Crippen LogP contribution in [0.25, 0.3) is 41.8 Å². The summed E-state index contributed by atoms with van der Waals surface area (Å²) in [5.74, 6) is -6.00. The summed E-state index contributed by atoms with van der Waals surface area (Å²) < 4.78 is 0. The van der Waals surface area contributed by atoms with Crippen LogP contribution in [0.5, 0.6) is 0 Å². The number of nitrogens with zero attached hydrogens (tertiary/aromatic N) is 1. The molecule has 18 N–H and O–H groups in total. The molecule has 696 valence electrons. The number of aliphatic hydroxyl groups is 1. The number of aromatic nitrogens is 2. The number of hydrogen-bond donors (Lipinski definition) is 14. The summed E-state index contributed by atoms with van der Waals surface area (Å²) in [6, 6.07) is 46.5. The molecule has 31 nitrogen and oxygen atoms in total. The molecule has 4 aromatic carbocycles. The molecular weight excluding hydrogens is 1730 g/mol. The maximum Gasteiger partial charge on any atom is 0.290 e. The van der Waals surface area contributed by atoms with Gasteiger partial charge in [-0.3, -0.25) is 76.7 Å². The van der Waals surface area contributed by atoms with E-state index in [0.29, 0.717) is 77.0 Å². The zero-order chi connectivity index (χ0) is 96.2. The summed E-state index contributed by atoms with van der Waals surface area (Å²) in [6.07, 6.45) is 9.36. The number of amides is 8. The number of hydrogen-bond acceptors (Lipinski definition) is 22. The minimum Gasteiger partial charge on any atom is -0.483 e. The molecular formula is C94H120N10O21S4. The van der Waals surface area contributed by atoms with Gasteiger partial charge in [0.2, 0.25) is 47.3 Å². The van der Waals surface area contributed by atoms with Crippen molar-refractivity contribution in [1.29, 1.82) is 0 Å². The molecule has 5 heterocycles. The minimum absolute atomic E-state index is 0.0165. The van der Waals surface area contributed by atoms with Crippen LogP contribution in [0.15, 0.2) is 180 Å². The number of H-pyrrole nitrogens is 1. The van der Waals surface area contributed by atoms with E-state index in [1.165, 1.54) is 37.0 Å². The van der Waals surface area contributed by atoms with Gasteiger partial charge in [0.1, 0.15) is 0 Å². The van der Waals surface area contributed by atoms with Crippen LogP contribution in [-0.2, 0) is 109 Å². The lowest BCUT2D eigenvalue weighted by atomic mass is 9.89. The number of benzene rings is 4. The number of carbonyl (C=O) groups excluding carboxylic acids is 12. The number of ketones is 4. The van der Waals surface area contributed by atoms with Gasteiger partial charge in [0.15, 0.2) is 23.1 Å². The summed E-state index contributed by atoms with van der Waals surface area (Å²) >= 11 is 6.76. The van der Waals surface area contributed by atoms with Crippen molar-refractivity contribution >= 4 is 142 Å². The predicted molar refractivity (Wildman–Crippen MR) is 500 cm³/mol. The molecule has 9 aromatic rings. The van der Waals surface area contributed by atoms with E-state index < -0.39 is 78.1 Å². The number of carboxylic acid groups (broad SMARTS) is 4. The largest absolute Gasteiger partial charge is 0.483 e. The molecule has 0 aliphatic rings. The summed E-state index contributed by atoms with van der Waals surface area (Å²) in [7, 11) is 0. The summed E-state index contributed by atoms with van der Waals surface area (Å²) in [5, 5.41) is 56.0. The van der Waals surface area contributed by atoms with Crippen LogP contribution in [0, 0.1) is 29.6 Å². The molecule has 0 spiro atoms. The van der Waals surface area contributed by atoms with E-state index in [4.69, 9.17) is 67.6 Å². The van der Waals surface area contributed by atoms with Crippen LogP contribution in [0.1, 0.15) is 160 Å². The Morgan fingerprint density at radius 3 is 0.845 bits per heavy atom. The number of Topliss-reactive ketones (excluding diaryl/α,β-unsaturated/α-hetero) is 4. The van der Waals surface area contributed by atoms with Crippen molar-refractivity contribution in [3.05, 3.63) is 208 Å². The van der Waals surface area contributed by atoms with Gasteiger partial charge in [-0.05, 0) is 154 Å². The normalized spacial score (nSPS) is 12.1. The predicted octanol–water partition coefficient (Wildman–Crippen LogP) is 12.0. The standard InChI is InChI=1S/C24H28N4O3S.C24H32N2O3S.C21H26N2O4S.C21H26N2O3S.4CH2O2/c1-2-20(21(29)13-18(24(25)31)12-19-14-26-15-27-19)28-23(30)10-7-16-5-8-17(9-6-16)22-4-3-11-32-22;1-4-20(21(27)15-19(24(25)29)14-16(2)3)26-23(28)12-9-17-7-10-18(11-8-17)22-6-5-13-30-22;1-2-17(18(25)12-16(13-24)21(22)27)23-20(26)10-7-14-5-8-15(9-6-14)19-4-3-11-28-19;1-3-17(18(24)13-14(2)21(22)26)23-20(25)11-8-15-6-9-16(10-7-15)19-5-4-12-27-19;4*2-1-3/h3-6,8-9,11,14-15,18,20H,2,7,10,12-13H2,1H3,(H2,25,31)(H,26,27)(H,28,30);5-8,10-11,13,16,19-20H,4,9,12,14-15H2,1-3H3,(H2,25,29)(H,26,28);3-6,8-9,11,16-17,24H,2,7,10,12-13H2,1H3,(H2,22,27)(H,23,26);4-7,9-10,12,14,17H,3,8,11,13H2,1-2H3,(H2,22,26)(H,23,25);4*1H,(H,2,3)/t18-,20+;19-,20+;16-,17-;14-,17+;;;;/m1101..../s1. The number of nitrogens with two attached hydrogens (primary N) is 4. The van der Waals surface area contributed by atoms with Crippen molar-refractivity contribution in [3.8, 4) is 41.8 Å². The van der Waals surface area contributed by atoms with Crippen molar-refractivity contribution in [2.75, 3.05) is 6.61 Å². The van der Waals surface area contributed by atoms with Gasteiger partial charge >= 0.3 is 0 Å². The minimum atomic E-state index is -0.916.